The fraction of sp³-hybridized carbons (Fsp3) is 0.348. The van der Waals surface area contributed by atoms with Crippen molar-refractivity contribution in [3.8, 4) is 0 Å². The molecule has 2 aromatic carbocycles. The highest BCUT2D eigenvalue weighted by Crippen LogP contribution is 2.40. The molecule has 0 radical (unpaired) electrons. The average Bonchev–Trinajstić information content (AvgIpc) is 2.52. The summed E-state index contributed by atoms with van der Waals surface area (Å²) in [5.41, 5.74) is 12.4. The minimum atomic E-state index is 0.969. The topological polar surface area (TPSA) is 3.01 Å². The monoisotopic (exact) mass is 350 g/mol. The van der Waals surface area contributed by atoms with E-state index in [1.165, 1.54) is 55.3 Å². The van der Waals surface area contributed by atoms with E-state index in [0.717, 1.165) is 5.88 Å². The van der Waals surface area contributed by atoms with E-state index in [9.17, 15) is 0 Å². The zero-order valence-corrected chi connectivity index (χ0v) is 17.3. The fourth-order valence-electron chi connectivity index (χ4n) is 3.96. The van der Waals surface area contributed by atoms with Gasteiger partial charge in [-0.25, -0.2) is 0 Å². The molecule has 1 aliphatic heterocycles. The molecule has 0 N–H and O–H groups in total. The van der Waals surface area contributed by atoms with Gasteiger partial charge in [0.25, 0.3) is 0 Å². The van der Waals surface area contributed by atoms with Gasteiger partial charge < -0.3 is 0 Å². The summed E-state index contributed by atoms with van der Waals surface area (Å²) in [5.74, 6) is 0.969. The van der Waals surface area contributed by atoms with Crippen molar-refractivity contribution in [2.45, 2.75) is 48.5 Å². The Balaban J connectivity index is 2.19. The van der Waals surface area contributed by atoms with Gasteiger partial charge in [-0.2, -0.15) is 4.58 Å². The van der Waals surface area contributed by atoms with Crippen LogP contribution < -0.4 is 0 Å². The Morgan fingerprint density at radius 3 is 1.92 bits per heavy atom. The van der Waals surface area contributed by atoms with Crippen molar-refractivity contribution in [3.63, 3.8) is 0 Å². The van der Waals surface area contributed by atoms with Gasteiger partial charge in [0.05, 0.1) is 0 Å². The first-order chi connectivity index (χ1) is 11.8. The highest BCUT2D eigenvalue weighted by molar-refractivity contribution is 8.08. The predicted octanol–water partition coefficient (Wildman–Crippen LogP) is 6.47. The van der Waals surface area contributed by atoms with Gasteiger partial charge in [-0.3, -0.25) is 0 Å². The summed E-state index contributed by atoms with van der Waals surface area (Å²) in [6.07, 6.45) is 0. The number of allylic oxidation sites excluding steroid dienone is 1. The predicted molar refractivity (Wildman–Crippen MR) is 112 cm³/mol. The second-order valence-corrected chi connectivity index (χ2v) is 8.21. The molecule has 0 fully saturated rings. The van der Waals surface area contributed by atoms with Crippen LogP contribution in [0.5, 0.6) is 0 Å². The number of rotatable bonds is 2. The molecule has 1 heterocycles. The Hall–Kier alpha value is -1.80. The van der Waals surface area contributed by atoms with E-state index in [0.29, 0.717) is 0 Å². The van der Waals surface area contributed by atoms with Crippen LogP contribution in [0.4, 0.5) is 5.69 Å². The Kier molecular flexibility index (Phi) is 4.92. The molecule has 0 saturated heterocycles. The summed E-state index contributed by atoms with van der Waals surface area (Å²) in [4.78, 5) is 1.44. The van der Waals surface area contributed by atoms with Crippen molar-refractivity contribution in [3.05, 3.63) is 69.3 Å². The third-order valence-electron chi connectivity index (χ3n) is 5.24. The number of nitrogens with zero attached hydrogens (tertiary/aromatic N) is 1. The Morgan fingerprint density at radius 1 is 0.800 bits per heavy atom. The van der Waals surface area contributed by atoms with E-state index in [-0.39, 0.29) is 0 Å². The second-order valence-electron chi connectivity index (χ2n) is 7.26. The fourth-order valence-corrected chi connectivity index (χ4v) is 5.37. The summed E-state index contributed by atoms with van der Waals surface area (Å²) in [7, 11) is 0. The van der Waals surface area contributed by atoms with Crippen molar-refractivity contribution in [1.29, 1.82) is 0 Å². The van der Waals surface area contributed by atoms with E-state index in [2.05, 4.69) is 83.4 Å². The number of hydrogen-bond acceptors (Lipinski definition) is 1. The number of benzene rings is 2. The lowest BCUT2D eigenvalue weighted by atomic mass is 9.96. The Morgan fingerprint density at radius 2 is 1.36 bits per heavy atom. The summed E-state index contributed by atoms with van der Waals surface area (Å²) in [6.45, 7) is 15.6. The van der Waals surface area contributed by atoms with Crippen LogP contribution in [0.25, 0.3) is 4.91 Å². The first kappa shape index (κ1) is 18.0. The molecule has 0 atom stereocenters. The minimum Gasteiger partial charge on any atom is -0.185 e. The van der Waals surface area contributed by atoms with E-state index in [1.807, 2.05) is 11.8 Å². The van der Waals surface area contributed by atoms with Gasteiger partial charge in [-0.1, -0.05) is 47.7 Å². The molecule has 1 aliphatic rings. The van der Waals surface area contributed by atoms with Crippen molar-refractivity contribution in [2.75, 3.05) is 5.88 Å². The molecule has 0 spiro atoms. The van der Waals surface area contributed by atoms with Crippen LogP contribution >= 0.6 is 11.8 Å². The maximum Gasteiger partial charge on any atom is 0.211 e. The molecule has 0 unspecified atom stereocenters. The van der Waals surface area contributed by atoms with Crippen LogP contribution in [0.1, 0.15) is 47.2 Å². The molecule has 25 heavy (non-hydrogen) atoms. The standard InChI is InChI=1S/C23H28NS/c1-14-11-17(4)21(18(5)12-14)23-19(6)20(7)24(13-25-23)22-15(2)9-8-10-16(22)3/h8-12H,13H2,1-7H3/q+1. The zero-order chi connectivity index (χ0) is 18.3. The highest BCUT2D eigenvalue weighted by Gasteiger charge is 2.28. The molecule has 0 saturated carbocycles. The first-order valence-electron chi connectivity index (χ1n) is 8.90. The molecule has 130 valence electrons. The van der Waals surface area contributed by atoms with Gasteiger partial charge in [0.2, 0.25) is 5.69 Å². The lowest BCUT2D eigenvalue weighted by molar-refractivity contribution is -0.417. The molecule has 3 rings (SSSR count). The van der Waals surface area contributed by atoms with E-state index in [1.54, 1.807) is 0 Å². The van der Waals surface area contributed by atoms with Crippen LogP contribution in [-0.4, -0.2) is 16.2 Å². The molecular formula is C23H28NS+. The van der Waals surface area contributed by atoms with E-state index >= 15 is 0 Å². The van der Waals surface area contributed by atoms with Crippen molar-refractivity contribution in [2.24, 2.45) is 0 Å². The van der Waals surface area contributed by atoms with E-state index < -0.39 is 0 Å². The van der Waals surface area contributed by atoms with E-state index in [4.69, 9.17) is 0 Å². The SMILES string of the molecule is CC1=C(c2c(C)cc(C)cc2C)SC[N+](c2c(C)cccc2C)=C1C. The molecule has 0 aromatic heterocycles. The molecule has 1 nitrogen and oxygen atoms in total. The van der Waals surface area contributed by atoms with Gasteiger partial charge in [0.15, 0.2) is 11.6 Å². The van der Waals surface area contributed by atoms with Gasteiger partial charge in [0, 0.05) is 28.5 Å². The van der Waals surface area contributed by atoms with Gasteiger partial charge >= 0.3 is 0 Å². The van der Waals surface area contributed by atoms with Crippen LogP contribution in [0, 0.1) is 34.6 Å². The van der Waals surface area contributed by atoms with Crippen molar-refractivity contribution in [1.82, 2.24) is 0 Å². The maximum atomic E-state index is 2.48. The summed E-state index contributed by atoms with van der Waals surface area (Å²) in [5, 5.41) is 0. The second kappa shape index (κ2) is 6.84. The molecule has 2 aromatic rings. The number of thioether (sulfide) groups is 1. The quantitative estimate of drug-likeness (QED) is 0.561. The van der Waals surface area contributed by atoms with Gasteiger partial charge in [0.1, 0.15) is 0 Å². The summed E-state index contributed by atoms with van der Waals surface area (Å²) in [6, 6.07) is 11.2. The van der Waals surface area contributed by atoms with Crippen LogP contribution in [0.2, 0.25) is 0 Å². The van der Waals surface area contributed by atoms with Gasteiger partial charge in [-0.15, -0.1) is 0 Å². The largest absolute Gasteiger partial charge is 0.211 e. The third-order valence-corrected chi connectivity index (χ3v) is 6.43. The summed E-state index contributed by atoms with van der Waals surface area (Å²) >= 11 is 1.97. The van der Waals surface area contributed by atoms with Gasteiger partial charge in [-0.05, 0) is 58.2 Å². The van der Waals surface area contributed by atoms with Crippen molar-refractivity contribution >= 4 is 28.1 Å². The molecule has 0 amide bonds. The Bertz CT molecular complexity index is 872. The lowest BCUT2D eigenvalue weighted by Crippen LogP contribution is -2.21. The highest BCUT2D eigenvalue weighted by atomic mass is 32.2. The number of hydrogen-bond donors (Lipinski definition) is 0. The smallest absolute Gasteiger partial charge is 0.185 e. The normalized spacial score (nSPS) is 15.2. The number of aryl methyl sites for hydroxylation is 5. The average molecular weight is 351 g/mol. The van der Waals surface area contributed by atoms with Crippen LogP contribution in [-0.2, 0) is 0 Å². The molecule has 0 bridgehead atoms. The van der Waals surface area contributed by atoms with Crippen LogP contribution in [0.15, 0.2) is 35.9 Å². The minimum absolute atomic E-state index is 0.969. The Labute approximate surface area is 156 Å². The number of para-hydroxylation sites is 1. The van der Waals surface area contributed by atoms with Crippen molar-refractivity contribution < 1.29 is 4.58 Å². The third kappa shape index (κ3) is 3.20. The lowest BCUT2D eigenvalue weighted by Gasteiger charge is -2.22. The van der Waals surface area contributed by atoms with Crippen LogP contribution in [0.3, 0.4) is 0 Å². The summed E-state index contributed by atoms with van der Waals surface area (Å²) < 4.78 is 2.48. The molecule has 2 heteroatoms. The zero-order valence-electron chi connectivity index (χ0n) is 16.4. The maximum absolute atomic E-state index is 2.48. The molecular weight excluding hydrogens is 322 g/mol. The molecule has 0 aliphatic carbocycles. The first-order valence-corrected chi connectivity index (χ1v) is 9.89.